The zero-order valence-corrected chi connectivity index (χ0v) is 13.8. The molecule has 0 spiro atoms. The van der Waals surface area contributed by atoms with Crippen LogP contribution < -0.4 is 0 Å². The van der Waals surface area contributed by atoms with Crippen LogP contribution in [0.5, 0.6) is 0 Å². The summed E-state index contributed by atoms with van der Waals surface area (Å²) in [5.74, 6) is 0. The Morgan fingerprint density at radius 1 is 0.600 bits per heavy atom. The van der Waals surface area contributed by atoms with Gasteiger partial charge in [0.25, 0.3) is 0 Å². The smallest absolute Gasteiger partial charge is 0.303 e. The summed E-state index contributed by atoms with van der Waals surface area (Å²) in [6.07, 6.45) is 6.98. The molecule has 4 aromatic rings. The average Bonchev–Trinajstić information content (AvgIpc) is 2.61. The lowest BCUT2D eigenvalue weighted by Crippen LogP contribution is -1.78. The molecule has 0 saturated heterocycles. The van der Waals surface area contributed by atoms with E-state index in [9.17, 15) is 0 Å². The SMILES string of the molecule is O=P(O)(O)O.c1cnc2ncccc2c1.c1cnc2ncccc2c1. The van der Waals surface area contributed by atoms with Crippen molar-refractivity contribution in [1.29, 1.82) is 0 Å². The number of nitrogens with zero attached hydrogens (tertiary/aromatic N) is 4. The molecule has 0 fully saturated rings. The van der Waals surface area contributed by atoms with Gasteiger partial charge in [0.15, 0.2) is 11.3 Å². The highest BCUT2D eigenvalue weighted by molar-refractivity contribution is 7.45. The summed E-state index contributed by atoms with van der Waals surface area (Å²) in [5.41, 5.74) is 1.62. The van der Waals surface area contributed by atoms with E-state index in [1.807, 2.05) is 48.5 Å². The summed E-state index contributed by atoms with van der Waals surface area (Å²) in [6.45, 7) is 0. The third kappa shape index (κ3) is 7.11. The second-order valence-corrected chi connectivity index (χ2v) is 5.65. The van der Waals surface area contributed by atoms with Crippen LogP contribution in [-0.4, -0.2) is 34.6 Å². The van der Waals surface area contributed by atoms with Gasteiger partial charge in [-0.3, -0.25) is 0 Å². The quantitative estimate of drug-likeness (QED) is 0.408. The van der Waals surface area contributed by atoms with Gasteiger partial charge in [-0.05, 0) is 48.5 Å². The van der Waals surface area contributed by atoms with E-state index in [1.54, 1.807) is 24.8 Å². The molecule has 0 aliphatic heterocycles. The number of phosphoric acid groups is 1. The summed E-state index contributed by atoms with van der Waals surface area (Å²) in [6, 6.07) is 15.6. The van der Waals surface area contributed by atoms with Crippen LogP contribution in [0.2, 0.25) is 0 Å². The lowest BCUT2D eigenvalue weighted by Gasteiger charge is -1.90. The van der Waals surface area contributed by atoms with Crippen molar-refractivity contribution in [3.63, 3.8) is 0 Å². The van der Waals surface area contributed by atoms with Gasteiger partial charge in [-0.2, -0.15) is 0 Å². The zero-order chi connectivity index (χ0) is 18.1. The molecule has 3 N–H and O–H groups in total. The van der Waals surface area contributed by atoms with Crippen molar-refractivity contribution in [3.05, 3.63) is 73.3 Å². The number of pyridine rings is 4. The second kappa shape index (κ2) is 8.91. The standard InChI is InChI=1S/2C8H6N2.H3O4P/c2*1-3-7-4-2-6-10-8(7)9-5-1;1-5(2,3)4/h2*1-6H;(H3,1,2,3,4). The Kier molecular flexibility index (Phi) is 6.62. The van der Waals surface area contributed by atoms with E-state index in [1.165, 1.54) is 0 Å². The van der Waals surface area contributed by atoms with E-state index in [0.29, 0.717) is 0 Å². The van der Waals surface area contributed by atoms with Gasteiger partial charge in [0.2, 0.25) is 0 Å². The Morgan fingerprint density at radius 3 is 1.04 bits per heavy atom. The molecular weight excluding hydrogens is 343 g/mol. The van der Waals surface area contributed by atoms with Gasteiger partial charge < -0.3 is 14.7 Å². The largest absolute Gasteiger partial charge is 0.466 e. The normalized spacial score (nSPS) is 10.4. The van der Waals surface area contributed by atoms with Crippen LogP contribution in [0.4, 0.5) is 0 Å². The molecule has 0 unspecified atom stereocenters. The van der Waals surface area contributed by atoms with Gasteiger partial charge in [0, 0.05) is 35.6 Å². The molecule has 4 aromatic heterocycles. The highest BCUT2D eigenvalue weighted by Crippen LogP contribution is 2.25. The van der Waals surface area contributed by atoms with E-state index < -0.39 is 7.82 Å². The van der Waals surface area contributed by atoms with Crippen LogP contribution in [-0.2, 0) is 4.57 Å². The summed E-state index contributed by atoms with van der Waals surface area (Å²) in [5, 5.41) is 2.18. The number of hydrogen-bond donors (Lipinski definition) is 3. The number of aromatic nitrogens is 4. The number of hydrogen-bond acceptors (Lipinski definition) is 5. The van der Waals surface area contributed by atoms with Crippen molar-refractivity contribution < 1.29 is 19.2 Å². The number of rotatable bonds is 0. The lowest BCUT2D eigenvalue weighted by molar-refractivity contribution is 0.275. The Balaban J connectivity index is 0.000000144. The molecule has 0 aliphatic rings. The lowest BCUT2D eigenvalue weighted by atomic mass is 10.3. The molecule has 0 amide bonds. The maximum absolute atomic E-state index is 8.88. The summed E-state index contributed by atoms with van der Waals surface area (Å²) in [7, 11) is -4.64. The molecule has 0 radical (unpaired) electrons. The van der Waals surface area contributed by atoms with Gasteiger partial charge in [-0.25, -0.2) is 24.5 Å². The molecule has 9 heteroatoms. The van der Waals surface area contributed by atoms with Crippen LogP contribution in [0, 0.1) is 0 Å². The Hall–Kier alpha value is -2.77. The highest BCUT2D eigenvalue weighted by atomic mass is 31.2. The second-order valence-electron chi connectivity index (χ2n) is 4.62. The molecule has 4 rings (SSSR count). The van der Waals surface area contributed by atoms with Crippen LogP contribution in [0.25, 0.3) is 22.1 Å². The van der Waals surface area contributed by atoms with Gasteiger partial charge in [0.05, 0.1) is 0 Å². The molecule has 0 aromatic carbocycles. The topological polar surface area (TPSA) is 129 Å². The van der Waals surface area contributed by atoms with E-state index >= 15 is 0 Å². The molecule has 8 nitrogen and oxygen atoms in total. The van der Waals surface area contributed by atoms with Crippen LogP contribution in [0.1, 0.15) is 0 Å². The van der Waals surface area contributed by atoms with Gasteiger partial charge in [-0.1, -0.05) is 0 Å². The van der Waals surface area contributed by atoms with E-state index in [-0.39, 0.29) is 0 Å². The molecular formula is C16H15N4O4P. The minimum atomic E-state index is -4.64. The molecule has 4 heterocycles. The summed E-state index contributed by atoms with van der Waals surface area (Å²) >= 11 is 0. The first-order valence-corrected chi connectivity index (χ1v) is 8.60. The zero-order valence-electron chi connectivity index (χ0n) is 12.9. The first kappa shape index (κ1) is 18.6. The fourth-order valence-electron chi connectivity index (χ4n) is 1.82. The highest BCUT2D eigenvalue weighted by Gasteiger charge is 2.00. The summed E-state index contributed by atoms with van der Waals surface area (Å²) < 4.78 is 8.88. The minimum absolute atomic E-state index is 0.810. The van der Waals surface area contributed by atoms with E-state index in [0.717, 1.165) is 22.1 Å². The van der Waals surface area contributed by atoms with E-state index in [2.05, 4.69) is 19.9 Å². The van der Waals surface area contributed by atoms with Crippen molar-refractivity contribution in [3.8, 4) is 0 Å². The fraction of sp³-hybridized carbons (Fsp3) is 0. The van der Waals surface area contributed by atoms with Crippen molar-refractivity contribution in [2.45, 2.75) is 0 Å². The average molecular weight is 358 g/mol. The maximum atomic E-state index is 8.88. The molecule has 128 valence electrons. The Bertz CT molecular complexity index is 783. The third-order valence-corrected chi connectivity index (χ3v) is 2.75. The fourth-order valence-corrected chi connectivity index (χ4v) is 1.82. The first-order valence-electron chi connectivity index (χ1n) is 7.03. The molecule has 0 saturated carbocycles. The molecule has 25 heavy (non-hydrogen) atoms. The van der Waals surface area contributed by atoms with E-state index in [4.69, 9.17) is 19.2 Å². The van der Waals surface area contributed by atoms with Crippen molar-refractivity contribution in [1.82, 2.24) is 19.9 Å². The monoisotopic (exact) mass is 358 g/mol. The van der Waals surface area contributed by atoms with Crippen LogP contribution >= 0.6 is 7.82 Å². The maximum Gasteiger partial charge on any atom is 0.466 e. The predicted molar refractivity (Wildman–Crippen MR) is 93.3 cm³/mol. The van der Waals surface area contributed by atoms with Gasteiger partial charge in [0.1, 0.15) is 0 Å². The Morgan fingerprint density at radius 2 is 0.840 bits per heavy atom. The van der Waals surface area contributed by atoms with Crippen molar-refractivity contribution in [2.24, 2.45) is 0 Å². The first-order chi connectivity index (χ1) is 11.9. The third-order valence-electron chi connectivity index (χ3n) is 2.75. The van der Waals surface area contributed by atoms with Crippen molar-refractivity contribution in [2.75, 3.05) is 0 Å². The molecule has 0 bridgehead atoms. The van der Waals surface area contributed by atoms with Gasteiger partial charge >= 0.3 is 7.82 Å². The molecule has 0 atom stereocenters. The Labute approximate surface area is 143 Å². The van der Waals surface area contributed by atoms with Gasteiger partial charge in [-0.15, -0.1) is 0 Å². The van der Waals surface area contributed by atoms with Crippen LogP contribution in [0.3, 0.4) is 0 Å². The van der Waals surface area contributed by atoms with Crippen LogP contribution in [0.15, 0.2) is 73.3 Å². The number of fused-ring (bicyclic) bond motifs is 2. The minimum Gasteiger partial charge on any atom is -0.303 e. The predicted octanol–water partition coefficient (Wildman–Crippen LogP) is 2.33. The molecule has 0 aliphatic carbocycles. The summed E-state index contributed by atoms with van der Waals surface area (Å²) in [4.78, 5) is 37.8. The van der Waals surface area contributed by atoms with Crippen molar-refractivity contribution >= 4 is 29.9 Å².